The van der Waals surface area contributed by atoms with E-state index in [4.69, 9.17) is 4.74 Å². The van der Waals surface area contributed by atoms with Crippen LogP contribution in [0.25, 0.3) is 0 Å². The van der Waals surface area contributed by atoms with Crippen molar-refractivity contribution in [2.45, 2.75) is 360 Å². The maximum Gasteiger partial charge on any atom is 0.306 e. The van der Waals surface area contributed by atoms with Crippen LogP contribution < -0.4 is 5.32 Å². The Balaban J connectivity index is 4.48. The van der Waals surface area contributed by atoms with Crippen molar-refractivity contribution in [2.24, 2.45) is 0 Å². The normalized spacial score (nSPS) is 13.0. The third kappa shape index (κ3) is 49.1. The molecule has 0 aliphatic heterocycles. The first kappa shape index (κ1) is 63.9. The van der Waals surface area contributed by atoms with Crippen LogP contribution in [0.4, 0.5) is 0 Å². The van der Waals surface area contributed by atoms with Crippen LogP contribution in [0.3, 0.4) is 0 Å². The van der Waals surface area contributed by atoms with Crippen molar-refractivity contribution < 1.29 is 24.5 Å². The van der Waals surface area contributed by atoms with Crippen LogP contribution in [0.2, 0.25) is 0 Å². The minimum atomic E-state index is -0.780. The zero-order valence-electron chi connectivity index (χ0n) is 44.4. The molecule has 0 saturated carbocycles. The molecule has 0 rings (SSSR count). The smallest absolute Gasteiger partial charge is 0.306 e. The standard InChI is InChI=1S/C59H117NO5/c1-4-7-10-13-16-19-22-25-28-31-32-35-38-41-44-47-50-55(65-59(64)52-49-46-43-40-37-34-30-27-24-21-18-15-12-9-6-3)53-58(63)60-56(54-61)57(62)51-48-45-42-39-36-33-29-26-23-20-17-14-11-8-5-2/h55-57,61-62H,4-54H2,1-3H3,(H,60,63). The predicted molar refractivity (Wildman–Crippen MR) is 283 cm³/mol. The average molecular weight is 921 g/mol. The maximum absolute atomic E-state index is 13.3. The maximum atomic E-state index is 13.3. The lowest BCUT2D eigenvalue weighted by Gasteiger charge is -2.24. The number of ether oxygens (including phenoxy) is 1. The van der Waals surface area contributed by atoms with Gasteiger partial charge in [-0.3, -0.25) is 9.59 Å². The van der Waals surface area contributed by atoms with E-state index < -0.39 is 18.2 Å². The molecular weight excluding hydrogens is 803 g/mol. The summed E-state index contributed by atoms with van der Waals surface area (Å²) in [6, 6.07) is -0.693. The highest BCUT2D eigenvalue weighted by atomic mass is 16.5. The highest BCUT2D eigenvalue weighted by Gasteiger charge is 2.24. The van der Waals surface area contributed by atoms with Crippen LogP contribution in [0.1, 0.15) is 342 Å². The molecule has 0 radical (unpaired) electrons. The summed E-state index contributed by atoms with van der Waals surface area (Å²) < 4.78 is 5.98. The van der Waals surface area contributed by atoms with Crippen molar-refractivity contribution >= 4 is 11.9 Å². The van der Waals surface area contributed by atoms with Gasteiger partial charge in [0.1, 0.15) is 6.10 Å². The Bertz CT molecular complexity index is 944. The number of carbonyl (C=O) groups excluding carboxylic acids is 2. The summed E-state index contributed by atoms with van der Waals surface area (Å²) in [4.78, 5) is 26.3. The van der Waals surface area contributed by atoms with Crippen molar-refractivity contribution in [1.82, 2.24) is 5.32 Å². The van der Waals surface area contributed by atoms with Crippen molar-refractivity contribution in [3.05, 3.63) is 0 Å². The Hall–Kier alpha value is -1.14. The molecule has 0 aliphatic carbocycles. The van der Waals surface area contributed by atoms with Gasteiger partial charge in [-0.05, 0) is 25.7 Å². The minimum absolute atomic E-state index is 0.0888. The van der Waals surface area contributed by atoms with E-state index >= 15 is 0 Å². The van der Waals surface area contributed by atoms with Crippen molar-refractivity contribution in [2.75, 3.05) is 6.61 Å². The molecule has 1 amide bonds. The van der Waals surface area contributed by atoms with Crippen LogP contribution in [0.15, 0.2) is 0 Å². The molecular formula is C59H117NO5. The van der Waals surface area contributed by atoms with Gasteiger partial charge in [-0.1, -0.05) is 303 Å². The molecule has 0 aliphatic rings. The van der Waals surface area contributed by atoms with Gasteiger partial charge in [0.25, 0.3) is 0 Å². The third-order valence-corrected chi connectivity index (χ3v) is 14.2. The number of esters is 1. The van der Waals surface area contributed by atoms with Crippen molar-refractivity contribution in [1.29, 1.82) is 0 Å². The first-order chi connectivity index (χ1) is 32.0. The molecule has 0 saturated heterocycles. The van der Waals surface area contributed by atoms with Crippen LogP contribution in [0.5, 0.6) is 0 Å². The van der Waals surface area contributed by atoms with Gasteiger partial charge in [0.05, 0.1) is 25.2 Å². The molecule has 3 atom stereocenters. The molecule has 65 heavy (non-hydrogen) atoms. The van der Waals surface area contributed by atoms with E-state index in [1.807, 2.05) is 0 Å². The second-order valence-electron chi connectivity index (χ2n) is 20.8. The zero-order chi connectivity index (χ0) is 47.4. The van der Waals surface area contributed by atoms with Gasteiger partial charge in [-0.15, -0.1) is 0 Å². The van der Waals surface area contributed by atoms with Crippen LogP contribution in [-0.4, -0.2) is 46.9 Å². The average Bonchev–Trinajstić information content (AvgIpc) is 3.30. The van der Waals surface area contributed by atoms with Gasteiger partial charge in [0.2, 0.25) is 5.91 Å². The summed E-state index contributed by atoms with van der Waals surface area (Å²) in [5.41, 5.74) is 0. The fourth-order valence-electron chi connectivity index (χ4n) is 9.67. The summed E-state index contributed by atoms with van der Waals surface area (Å²) in [5.74, 6) is -0.443. The Kier molecular flexibility index (Phi) is 52.9. The first-order valence-electron chi connectivity index (χ1n) is 29.8. The fourth-order valence-corrected chi connectivity index (χ4v) is 9.67. The molecule has 0 aromatic rings. The van der Waals surface area contributed by atoms with Gasteiger partial charge >= 0.3 is 5.97 Å². The molecule has 3 N–H and O–H groups in total. The molecule has 0 heterocycles. The summed E-state index contributed by atoms with van der Waals surface area (Å²) >= 11 is 0. The number of amides is 1. The number of aliphatic hydroxyl groups is 2. The number of hydrogen-bond acceptors (Lipinski definition) is 5. The number of nitrogens with one attached hydrogen (secondary N) is 1. The molecule has 0 aromatic carbocycles. The Morgan fingerprint density at radius 3 is 0.938 bits per heavy atom. The quantitative estimate of drug-likeness (QED) is 0.0417. The molecule has 6 nitrogen and oxygen atoms in total. The second kappa shape index (κ2) is 53.8. The van der Waals surface area contributed by atoms with E-state index in [1.54, 1.807) is 0 Å². The molecule has 0 fully saturated rings. The topological polar surface area (TPSA) is 95.9 Å². The van der Waals surface area contributed by atoms with Crippen LogP contribution >= 0.6 is 0 Å². The first-order valence-corrected chi connectivity index (χ1v) is 29.8. The highest BCUT2D eigenvalue weighted by Crippen LogP contribution is 2.20. The monoisotopic (exact) mass is 920 g/mol. The molecule has 388 valence electrons. The van der Waals surface area contributed by atoms with Gasteiger partial charge in [-0.2, -0.15) is 0 Å². The predicted octanol–water partition coefficient (Wildman–Crippen LogP) is 18.3. The molecule has 3 unspecified atom stereocenters. The number of hydrogen-bond donors (Lipinski definition) is 3. The molecule has 0 spiro atoms. The number of aliphatic hydroxyl groups excluding tert-OH is 2. The molecule has 0 aromatic heterocycles. The molecule has 6 heteroatoms. The van der Waals surface area contributed by atoms with Crippen molar-refractivity contribution in [3.63, 3.8) is 0 Å². The SMILES string of the molecule is CCCCCCCCCCCCCCCCCCC(CC(=O)NC(CO)C(O)CCCCCCCCCCCCCCCCC)OC(=O)CCCCCCCCCCCCCCCCC. The lowest BCUT2D eigenvalue weighted by atomic mass is 10.0. The number of rotatable bonds is 55. The lowest BCUT2D eigenvalue weighted by molar-refractivity contribution is -0.151. The number of carbonyl (C=O) groups is 2. The number of unbranched alkanes of at least 4 members (excludes halogenated alkanes) is 43. The Morgan fingerprint density at radius 2 is 0.646 bits per heavy atom. The van der Waals surface area contributed by atoms with E-state index in [1.165, 1.54) is 257 Å². The van der Waals surface area contributed by atoms with Crippen LogP contribution in [0, 0.1) is 0 Å². The van der Waals surface area contributed by atoms with Gasteiger partial charge in [0.15, 0.2) is 0 Å². The summed E-state index contributed by atoms with van der Waals surface area (Å²) in [7, 11) is 0. The van der Waals surface area contributed by atoms with E-state index in [0.29, 0.717) is 19.3 Å². The Morgan fingerprint density at radius 1 is 0.385 bits per heavy atom. The van der Waals surface area contributed by atoms with E-state index in [0.717, 1.165) is 38.5 Å². The highest BCUT2D eigenvalue weighted by molar-refractivity contribution is 5.77. The van der Waals surface area contributed by atoms with Crippen LogP contribution in [-0.2, 0) is 14.3 Å². The minimum Gasteiger partial charge on any atom is -0.462 e. The molecule has 0 bridgehead atoms. The van der Waals surface area contributed by atoms with E-state index in [9.17, 15) is 19.8 Å². The summed E-state index contributed by atoms with van der Waals surface area (Å²) in [5, 5.41) is 23.9. The zero-order valence-corrected chi connectivity index (χ0v) is 44.4. The Labute approximate surface area is 406 Å². The van der Waals surface area contributed by atoms with Gasteiger partial charge in [0, 0.05) is 6.42 Å². The van der Waals surface area contributed by atoms with E-state index in [2.05, 4.69) is 26.1 Å². The summed E-state index contributed by atoms with van der Waals surface area (Å²) in [6.07, 6.45) is 60.2. The third-order valence-electron chi connectivity index (χ3n) is 14.2. The van der Waals surface area contributed by atoms with E-state index in [-0.39, 0.29) is 24.9 Å². The van der Waals surface area contributed by atoms with Gasteiger partial charge in [-0.25, -0.2) is 0 Å². The van der Waals surface area contributed by atoms with Gasteiger partial charge < -0.3 is 20.3 Å². The summed E-state index contributed by atoms with van der Waals surface area (Å²) in [6.45, 7) is 6.54. The fraction of sp³-hybridized carbons (Fsp3) is 0.966. The second-order valence-corrected chi connectivity index (χ2v) is 20.8. The largest absolute Gasteiger partial charge is 0.462 e. The van der Waals surface area contributed by atoms with Crippen molar-refractivity contribution in [3.8, 4) is 0 Å². The lowest BCUT2D eigenvalue weighted by Crippen LogP contribution is -2.46.